The maximum absolute atomic E-state index is 12.5. The van der Waals surface area contributed by atoms with E-state index in [1.807, 2.05) is 0 Å². The van der Waals surface area contributed by atoms with Gasteiger partial charge in [0.2, 0.25) is 0 Å². The Bertz CT molecular complexity index is 942. The fourth-order valence-electron chi connectivity index (χ4n) is 3.83. The normalized spacial score (nSPS) is 16.8. The molecular weight excluding hydrogens is 346 g/mol. The SMILES string of the molecule is O=C(OCC(=O)N1CCCCCC1)c1ccc2c(=O)n3c(nc2c1)CCC3. The van der Waals surface area contributed by atoms with Crippen molar-refractivity contribution in [2.45, 2.75) is 45.1 Å². The van der Waals surface area contributed by atoms with Crippen molar-refractivity contribution in [2.75, 3.05) is 19.7 Å². The first-order valence-corrected chi connectivity index (χ1v) is 9.62. The largest absolute Gasteiger partial charge is 0.452 e. The van der Waals surface area contributed by atoms with Crippen molar-refractivity contribution < 1.29 is 14.3 Å². The monoisotopic (exact) mass is 369 g/mol. The first-order valence-electron chi connectivity index (χ1n) is 9.62. The molecule has 1 aromatic heterocycles. The van der Waals surface area contributed by atoms with Gasteiger partial charge in [-0.1, -0.05) is 12.8 Å². The highest BCUT2D eigenvalue weighted by Gasteiger charge is 2.20. The molecule has 0 unspecified atom stereocenters. The molecule has 0 aliphatic carbocycles. The summed E-state index contributed by atoms with van der Waals surface area (Å²) in [6.07, 6.45) is 5.94. The average Bonchev–Trinajstić information content (AvgIpc) is 2.98. The number of amides is 1. The van der Waals surface area contributed by atoms with Gasteiger partial charge in [0.15, 0.2) is 6.61 Å². The van der Waals surface area contributed by atoms with Crippen LogP contribution in [0.1, 0.15) is 48.3 Å². The molecular formula is C20H23N3O4. The topological polar surface area (TPSA) is 81.5 Å². The standard InChI is InChI=1S/C20H23N3O4/c24-18(22-9-3-1-2-4-10-22)13-27-20(26)14-7-8-15-16(12-14)21-17-6-5-11-23(17)19(15)25/h7-8,12H,1-6,9-11,13H2. The Morgan fingerprint density at radius 3 is 2.59 bits per heavy atom. The number of carbonyl (C=O) groups is 2. The summed E-state index contributed by atoms with van der Waals surface area (Å²) >= 11 is 0. The summed E-state index contributed by atoms with van der Waals surface area (Å²) in [6, 6.07) is 4.75. The molecule has 1 amide bonds. The molecule has 3 heterocycles. The maximum Gasteiger partial charge on any atom is 0.338 e. The van der Waals surface area contributed by atoms with Gasteiger partial charge < -0.3 is 9.64 Å². The molecule has 1 aromatic carbocycles. The zero-order chi connectivity index (χ0) is 18.8. The highest BCUT2D eigenvalue weighted by atomic mass is 16.5. The summed E-state index contributed by atoms with van der Waals surface area (Å²) in [5.41, 5.74) is 0.742. The van der Waals surface area contributed by atoms with Crippen molar-refractivity contribution in [1.82, 2.24) is 14.5 Å². The summed E-state index contributed by atoms with van der Waals surface area (Å²) in [5.74, 6) is 0.0389. The second kappa shape index (κ2) is 7.50. The van der Waals surface area contributed by atoms with E-state index in [1.54, 1.807) is 27.7 Å². The van der Waals surface area contributed by atoms with E-state index in [0.717, 1.165) is 57.4 Å². The van der Waals surface area contributed by atoms with Crippen LogP contribution >= 0.6 is 0 Å². The fourth-order valence-corrected chi connectivity index (χ4v) is 3.83. The van der Waals surface area contributed by atoms with E-state index in [1.165, 1.54) is 0 Å². The van der Waals surface area contributed by atoms with Gasteiger partial charge in [-0.2, -0.15) is 0 Å². The molecule has 0 radical (unpaired) electrons. The number of nitrogens with zero attached hydrogens (tertiary/aromatic N) is 3. The second-order valence-electron chi connectivity index (χ2n) is 7.19. The van der Waals surface area contributed by atoms with Gasteiger partial charge in [-0.15, -0.1) is 0 Å². The van der Waals surface area contributed by atoms with Crippen LogP contribution in [0.4, 0.5) is 0 Å². The molecule has 2 aliphatic rings. The van der Waals surface area contributed by atoms with Crippen LogP contribution in [0, 0.1) is 0 Å². The quantitative estimate of drug-likeness (QED) is 0.772. The van der Waals surface area contributed by atoms with Gasteiger partial charge in [-0.05, 0) is 37.5 Å². The molecule has 142 valence electrons. The smallest absolute Gasteiger partial charge is 0.338 e. The van der Waals surface area contributed by atoms with Crippen molar-refractivity contribution in [3.63, 3.8) is 0 Å². The minimum Gasteiger partial charge on any atom is -0.452 e. The van der Waals surface area contributed by atoms with Crippen molar-refractivity contribution in [1.29, 1.82) is 0 Å². The Balaban J connectivity index is 1.47. The third-order valence-corrected chi connectivity index (χ3v) is 5.34. The third kappa shape index (κ3) is 3.59. The number of aryl methyl sites for hydroxylation is 1. The number of hydrogen-bond acceptors (Lipinski definition) is 5. The third-order valence-electron chi connectivity index (χ3n) is 5.34. The Labute approximate surface area is 156 Å². The molecule has 1 saturated heterocycles. The zero-order valence-corrected chi connectivity index (χ0v) is 15.3. The Morgan fingerprint density at radius 1 is 1.04 bits per heavy atom. The molecule has 0 spiro atoms. The first kappa shape index (κ1) is 17.7. The van der Waals surface area contributed by atoms with Gasteiger partial charge in [-0.25, -0.2) is 9.78 Å². The number of likely N-dealkylation sites (tertiary alicyclic amines) is 1. The summed E-state index contributed by atoms with van der Waals surface area (Å²) in [7, 11) is 0. The van der Waals surface area contributed by atoms with Crippen LogP contribution in [0.5, 0.6) is 0 Å². The van der Waals surface area contributed by atoms with Crippen LogP contribution in [-0.4, -0.2) is 46.0 Å². The van der Waals surface area contributed by atoms with Crippen LogP contribution in [0.2, 0.25) is 0 Å². The molecule has 1 fully saturated rings. The van der Waals surface area contributed by atoms with E-state index in [0.29, 0.717) is 23.0 Å². The lowest BCUT2D eigenvalue weighted by molar-refractivity contribution is -0.134. The highest BCUT2D eigenvalue weighted by molar-refractivity contribution is 5.95. The minimum atomic E-state index is -0.567. The summed E-state index contributed by atoms with van der Waals surface area (Å²) in [6.45, 7) is 1.90. The number of hydrogen-bond donors (Lipinski definition) is 0. The molecule has 0 atom stereocenters. The lowest BCUT2D eigenvalue weighted by Crippen LogP contribution is -2.35. The highest BCUT2D eigenvalue weighted by Crippen LogP contribution is 2.17. The van der Waals surface area contributed by atoms with E-state index in [2.05, 4.69) is 4.98 Å². The van der Waals surface area contributed by atoms with Crippen LogP contribution in [0.25, 0.3) is 10.9 Å². The van der Waals surface area contributed by atoms with Crippen molar-refractivity contribution in [3.8, 4) is 0 Å². The Kier molecular flexibility index (Phi) is 4.92. The van der Waals surface area contributed by atoms with Crippen LogP contribution in [0.3, 0.4) is 0 Å². The second-order valence-corrected chi connectivity index (χ2v) is 7.19. The predicted molar refractivity (Wildman–Crippen MR) is 99.7 cm³/mol. The van der Waals surface area contributed by atoms with Gasteiger partial charge in [0.05, 0.1) is 16.5 Å². The van der Waals surface area contributed by atoms with Gasteiger partial charge in [0, 0.05) is 26.1 Å². The van der Waals surface area contributed by atoms with E-state index in [4.69, 9.17) is 4.74 Å². The van der Waals surface area contributed by atoms with Gasteiger partial charge in [0.1, 0.15) is 5.82 Å². The summed E-state index contributed by atoms with van der Waals surface area (Å²) in [4.78, 5) is 43.4. The molecule has 0 saturated carbocycles. The van der Waals surface area contributed by atoms with Crippen LogP contribution < -0.4 is 5.56 Å². The number of esters is 1. The summed E-state index contributed by atoms with van der Waals surface area (Å²) in [5, 5.41) is 0.498. The number of fused-ring (bicyclic) bond motifs is 2. The molecule has 4 rings (SSSR count). The van der Waals surface area contributed by atoms with Gasteiger partial charge in [0.25, 0.3) is 11.5 Å². The molecule has 7 nitrogen and oxygen atoms in total. The van der Waals surface area contributed by atoms with Crippen LogP contribution in [-0.2, 0) is 22.5 Å². The minimum absolute atomic E-state index is 0.0660. The molecule has 2 aromatic rings. The number of rotatable bonds is 3. The molecule has 7 heteroatoms. The Morgan fingerprint density at radius 2 is 1.81 bits per heavy atom. The fraction of sp³-hybridized carbons (Fsp3) is 0.500. The number of ether oxygens (including phenoxy) is 1. The van der Waals surface area contributed by atoms with Crippen molar-refractivity contribution >= 4 is 22.8 Å². The van der Waals surface area contributed by atoms with Crippen LogP contribution in [0.15, 0.2) is 23.0 Å². The number of carbonyl (C=O) groups excluding carboxylic acids is 2. The summed E-state index contributed by atoms with van der Waals surface area (Å²) < 4.78 is 6.91. The van der Waals surface area contributed by atoms with E-state index < -0.39 is 5.97 Å². The predicted octanol–water partition coefficient (Wildman–Crippen LogP) is 1.90. The van der Waals surface area contributed by atoms with Gasteiger partial charge in [-0.3, -0.25) is 14.2 Å². The lowest BCUT2D eigenvalue weighted by atomic mass is 10.1. The lowest BCUT2D eigenvalue weighted by Gasteiger charge is -2.19. The zero-order valence-electron chi connectivity index (χ0n) is 15.3. The maximum atomic E-state index is 12.5. The van der Waals surface area contributed by atoms with E-state index >= 15 is 0 Å². The number of benzene rings is 1. The Hall–Kier alpha value is -2.70. The van der Waals surface area contributed by atoms with Gasteiger partial charge >= 0.3 is 5.97 Å². The molecule has 2 aliphatic heterocycles. The molecule has 0 N–H and O–H groups in total. The molecule has 27 heavy (non-hydrogen) atoms. The first-order chi connectivity index (χ1) is 13.1. The van der Waals surface area contributed by atoms with E-state index in [9.17, 15) is 14.4 Å². The molecule has 0 bridgehead atoms. The van der Waals surface area contributed by atoms with Crippen molar-refractivity contribution in [2.24, 2.45) is 0 Å². The van der Waals surface area contributed by atoms with Crippen molar-refractivity contribution in [3.05, 3.63) is 39.9 Å². The average molecular weight is 369 g/mol. The number of aromatic nitrogens is 2. The van der Waals surface area contributed by atoms with E-state index in [-0.39, 0.29) is 18.1 Å².